The van der Waals surface area contributed by atoms with E-state index in [1.807, 2.05) is 30.5 Å². The number of aromatic nitrogens is 2. The molecule has 0 fully saturated rings. The van der Waals surface area contributed by atoms with Crippen molar-refractivity contribution < 1.29 is 0 Å². The average molecular weight is 256 g/mol. The van der Waals surface area contributed by atoms with E-state index < -0.39 is 0 Å². The van der Waals surface area contributed by atoms with Gasteiger partial charge in [-0.15, -0.1) is 0 Å². The van der Waals surface area contributed by atoms with Gasteiger partial charge in [-0.05, 0) is 17.5 Å². The maximum Gasteiger partial charge on any atom is 0.0927 e. The molecule has 0 amide bonds. The van der Waals surface area contributed by atoms with Crippen LogP contribution in [0.3, 0.4) is 0 Å². The molecule has 4 nitrogen and oxygen atoms in total. The molecule has 0 bridgehead atoms. The molecule has 4 heteroatoms. The summed E-state index contributed by atoms with van der Waals surface area (Å²) in [6, 6.07) is 8.01. The molecule has 100 valence electrons. The first-order chi connectivity index (χ1) is 9.04. The van der Waals surface area contributed by atoms with E-state index in [9.17, 15) is 0 Å². The first kappa shape index (κ1) is 13.3. The van der Waals surface area contributed by atoms with E-state index in [-0.39, 0.29) is 5.41 Å². The van der Waals surface area contributed by atoms with Crippen LogP contribution in [0.2, 0.25) is 0 Å². The van der Waals surface area contributed by atoms with Crippen LogP contribution in [-0.4, -0.2) is 22.9 Å². The van der Waals surface area contributed by atoms with Gasteiger partial charge in [-0.25, -0.2) is 9.98 Å². The van der Waals surface area contributed by atoms with Gasteiger partial charge in [-0.2, -0.15) is 0 Å². The smallest absolute Gasteiger partial charge is 0.0927 e. The van der Waals surface area contributed by atoms with Crippen molar-refractivity contribution in [3.05, 3.63) is 36.8 Å². The Kier molecular flexibility index (Phi) is 4.00. The summed E-state index contributed by atoms with van der Waals surface area (Å²) in [5.41, 5.74) is 3.22. The molecule has 0 aliphatic heterocycles. The minimum Gasteiger partial charge on any atom is -0.376 e. The molecule has 0 radical (unpaired) electrons. The summed E-state index contributed by atoms with van der Waals surface area (Å²) in [5, 5.41) is 3.21. The SMILES string of the molecule is CC(C)(C)CN/C=N/c1ccc(-c2c[nH]cn2)cc1. The highest BCUT2D eigenvalue weighted by Crippen LogP contribution is 2.20. The average Bonchev–Trinajstić information content (AvgIpc) is 2.88. The fourth-order valence-corrected chi connectivity index (χ4v) is 1.61. The van der Waals surface area contributed by atoms with Crippen LogP contribution in [0.25, 0.3) is 11.3 Å². The zero-order chi connectivity index (χ0) is 13.7. The molecule has 19 heavy (non-hydrogen) atoms. The third kappa shape index (κ3) is 4.25. The highest BCUT2D eigenvalue weighted by Gasteiger charge is 2.07. The van der Waals surface area contributed by atoms with Gasteiger partial charge in [-0.3, -0.25) is 0 Å². The van der Waals surface area contributed by atoms with Gasteiger partial charge < -0.3 is 10.3 Å². The van der Waals surface area contributed by atoms with Crippen molar-refractivity contribution in [1.29, 1.82) is 0 Å². The third-order valence-corrected chi connectivity index (χ3v) is 2.60. The minimum atomic E-state index is 0.260. The van der Waals surface area contributed by atoms with Crippen LogP contribution < -0.4 is 5.32 Å². The van der Waals surface area contributed by atoms with Crippen molar-refractivity contribution in [3.8, 4) is 11.3 Å². The second-order valence-corrected chi connectivity index (χ2v) is 5.70. The van der Waals surface area contributed by atoms with Crippen molar-refractivity contribution in [2.45, 2.75) is 20.8 Å². The van der Waals surface area contributed by atoms with Crippen LogP contribution in [0.1, 0.15) is 20.8 Å². The maximum absolute atomic E-state index is 4.37. The number of aromatic amines is 1. The maximum atomic E-state index is 4.37. The molecule has 1 aromatic heterocycles. The molecule has 2 N–H and O–H groups in total. The molecule has 0 spiro atoms. The summed E-state index contributed by atoms with van der Waals surface area (Å²) in [7, 11) is 0. The molecule has 0 atom stereocenters. The van der Waals surface area contributed by atoms with E-state index in [0.717, 1.165) is 23.5 Å². The predicted molar refractivity (Wildman–Crippen MR) is 79.6 cm³/mol. The fraction of sp³-hybridized carbons (Fsp3) is 0.333. The number of rotatable bonds is 4. The van der Waals surface area contributed by atoms with Gasteiger partial charge in [-0.1, -0.05) is 32.9 Å². The molecule has 0 saturated carbocycles. The van der Waals surface area contributed by atoms with Gasteiger partial charge in [0, 0.05) is 18.3 Å². The lowest BCUT2D eigenvalue weighted by molar-refractivity contribution is 0.410. The monoisotopic (exact) mass is 256 g/mol. The van der Waals surface area contributed by atoms with Crippen molar-refractivity contribution in [1.82, 2.24) is 15.3 Å². The zero-order valence-corrected chi connectivity index (χ0v) is 11.6. The number of hydrogen-bond acceptors (Lipinski definition) is 2. The van der Waals surface area contributed by atoms with E-state index in [1.165, 1.54) is 0 Å². The largest absolute Gasteiger partial charge is 0.376 e. The van der Waals surface area contributed by atoms with Crippen LogP contribution in [0, 0.1) is 5.41 Å². The summed E-state index contributed by atoms with van der Waals surface area (Å²) in [4.78, 5) is 11.5. The normalized spacial score (nSPS) is 11.9. The second-order valence-electron chi connectivity index (χ2n) is 5.70. The molecule has 0 aliphatic rings. The lowest BCUT2D eigenvalue weighted by atomic mass is 9.97. The molecule has 1 aromatic carbocycles. The first-order valence-corrected chi connectivity index (χ1v) is 6.40. The Morgan fingerprint density at radius 3 is 2.58 bits per heavy atom. The Balaban J connectivity index is 1.94. The number of H-pyrrole nitrogens is 1. The van der Waals surface area contributed by atoms with Crippen LogP contribution >= 0.6 is 0 Å². The molecular formula is C15H20N4. The van der Waals surface area contributed by atoms with Gasteiger partial charge in [0.1, 0.15) is 0 Å². The zero-order valence-electron chi connectivity index (χ0n) is 11.6. The second kappa shape index (κ2) is 5.69. The number of aliphatic imine (C=N–C) groups is 1. The Hall–Kier alpha value is -2.10. The van der Waals surface area contributed by atoms with Crippen molar-refractivity contribution in [2.75, 3.05) is 6.54 Å². The molecule has 0 unspecified atom stereocenters. The van der Waals surface area contributed by atoms with Crippen molar-refractivity contribution >= 4 is 12.0 Å². The van der Waals surface area contributed by atoms with Gasteiger partial charge in [0.25, 0.3) is 0 Å². The summed E-state index contributed by atoms with van der Waals surface area (Å²) < 4.78 is 0. The molecule has 0 saturated heterocycles. The molecule has 0 aliphatic carbocycles. The van der Waals surface area contributed by atoms with Gasteiger partial charge in [0.2, 0.25) is 0 Å². The summed E-state index contributed by atoms with van der Waals surface area (Å²) in [6.45, 7) is 7.47. The quantitative estimate of drug-likeness (QED) is 0.651. The van der Waals surface area contributed by atoms with E-state index in [2.05, 4.69) is 41.0 Å². The predicted octanol–water partition coefficient (Wildman–Crippen LogP) is 3.37. The molecule has 1 heterocycles. The Morgan fingerprint density at radius 2 is 2.00 bits per heavy atom. The number of imidazole rings is 1. The lowest BCUT2D eigenvalue weighted by Crippen LogP contribution is -2.25. The van der Waals surface area contributed by atoms with Gasteiger partial charge >= 0.3 is 0 Å². The van der Waals surface area contributed by atoms with Crippen LogP contribution in [0.15, 0.2) is 41.8 Å². The van der Waals surface area contributed by atoms with E-state index in [4.69, 9.17) is 0 Å². The van der Waals surface area contributed by atoms with Crippen LogP contribution in [0.5, 0.6) is 0 Å². The Labute approximate surface area is 114 Å². The molecule has 2 aromatic rings. The highest BCUT2D eigenvalue weighted by molar-refractivity contribution is 5.65. The Morgan fingerprint density at radius 1 is 1.26 bits per heavy atom. The van der Waals surface area contributed by atoms with Crippen LogP contribution in [0.4, 0.5) is 5.69 Å². The minimum absolute atomic E-state index is 0.260. The summed E-state index contributed by atoms with van der Waals surface area (Å²) in [5.74, 6) is 0. The lowest BCUT2D eigenvalue weighted by Gasteiger charge is -2.16. The summed E-state index contributed by atoms with van der Waals surface area (Å²) >= 11 is 0. The third-order valence-electron chi connectivity index (χ3n) is 2.60. The first-order valence-electron chi connectivity index (χ1n) is 6.40. The number of benzene rings is 1. The summed E-state index contributed by atoms with van der Waals surface area (Å²) in [6.07, 6.45) is 5.32. The number of hydrogen-bond donors (Lipinski definition) is 2. The fourth-order valence-electron chi connectivity index (χ4n) is 1.61. The van der Waals surface area contributed by atoms with E-state index >= 15 is 0 Å². The molecule has 2 rings (SSSR count). The van der Waals surface area contributed by atoms with Gasteiger partial charge in [0.05, 0.1) is 24.0 Å². The number of nitrogens with zero attached hydrogens (tertiary/aromatic N) is 2. The van der Waals surface area contributed by atoms with E-state index in [1.54, 1.807) is 12.7 Å². The molecular weight excluding hydrogens is 236 g/mol. The standard InChI is InChI=1S/C15H20N4/c1-15(2,3)9-17-11-18-13-6-4-12(5-7-13)14-8-16-10-19-14/h4-8,10-11H,9H2,1-3H3,(H,16,19)(H,17,18). The van der Waals surface area contributed by atoms with E-state index in [0.29, 0.717) is 0 Å². The van der Waals surface area contributed by atoms with Crippen LogP contribution in [-0.2, 0) is 0 Å². The van der Waals surface area contributed by atoms with Crippen molar-refractivity contribution in [2.24, 2.45) is 10.4 Å². The van der Waals surface area contributed by atoms with Crippen molar-refractivity contribution in [3.63, 3.8) is 0 Å². The van der Waals surface area contributed by atoms with Gasteiger partial charge in [0.15, 0.2) is 0 Å². The topological polar surface area (TPSA) is 53.1 Å². The Bertz CT molecular complexity index is 518. The highest BCUT2D eigenvalue weighted by atomic mass is 14.9. The number of nitrogens with one attached hydrogen (secondary N) is 2.